The van der Waals surface area contributed by atoms with Crippen LogP contribution in [0.5, 0.6) is 0 Å². The average molecular weight is 434 g/mol. The lowest BCUT2D eigenvalue weighted by Gasteiger charge is -2.29. The van der Waals surface area contributed by atoms with Gasteiger partial charge in [-0.25, -0.2) is 8.78 Å². The maximum Gasteiger partial charge on any atom is 0.255 e. The average Bonchev–Trinajstić information content (AvgIpc) is 3.01. The highest BCUT2D eigenvalue weighted by atomic mass is 19.2. The van der Waals surface area contributed by atoms with E-state index in [0.29, 0.717) is 22.3 Å². The van der Waals surface area contributed by atoms with E-state index < -0.39 is 23.2 Å². The molecule has 2 amide bonds. The molecule has 0 radical (unpaired) electrons. The van der Waals surface area contributed by atoms with Gasteiger partial charge in [-0.3, -0.25) is 9.59 Å². The van der Waals surface area contributed by atoms with Crippen molar-refractivity contribution in [3.63, 3.8) is 0 Å². The summed E-state index contributed by atoms with van der Waals surface area (Å²) >= 11 is 0. The lowest BCUT2D eigenvalue weighted by atomic mass is 9.98. The van der Waals surface area contributed by atoms with E-state index in [1.54, 1.807) is 30.3 Å². The van der Waals surface area contributed by atoms with Crippen LogP contribution in [0.25, 0.3) is 11.1 Å². The molecule has 32 heavy (non-hydrogen) atoms. The van der Waals surface area contributed by atoms with Gasteiger partial charge in [0, 0.05) is 17.6 Å². The molecule has 4 rings (SSSR count). The van der Waals surface area contributed by atoms with Crippen LogP contribution in [-0.4, -0.2) is 22.3 Å². The molecule has 0 saturated heterocycles. The van der Waals surface area contributed by atoms with Gasteiger partial charge in [-0.15, -0.1) is 0 Å². The molecule has 1 unspecified atom stereocenters. The molecule has 1 N–H and O–H groups in total. The molecule has 4 nitrogen and oxygen atoms in total. The van der Waals surface area contributed by atoms with Crippen molar-refractivity contribution in [3.05, 3.63) is 95.1 Å². The van der Waals surface area contributed by atoms with Crippen LogP contribution in [0, 0.1) is 11.6 Å². The molecule has 6 heteroatoms. The Morgan fingerprint density at radius 1 is 0.938 bits per heavy atom. The fraction of sp³-hybridized carbons (Fsp3) is 0.231. The summed E-state index contributed by atoms with van der Waals surface area (Å²) in [5, 5.41) is 2.97. The summed E-state index contributed by atoms with van der Waals surface area (Å²) in [6.07, 6.45) is 0. The van der Waals surface area contributed by atoms with Gasteiger partial charge in [-0.1, -0.05) is 48.5 Å². The Hall–Kier alpha value is -3.54. The summed E-state index contributed by atoms with van der Waals surface area (Å²) in [7, 11) is 0. The summed E-state index contributed by atoms with van der Waals surface area (Å²) in [6, 6.07) is 17.3. The highest BCUT2D eigenvalue weighted by Gasteiger charge is 2.41. The molecule has 0 aliphatic carbocycles. The quantitative estimate of drug-likeness (QED) is 0.610. The van der Waals surface area contributed by atoms with Gasteiger partial charge >= 0.3 is 0 Å². The monoisotopic (exact) mass is 434 g/mol. The predicted octanol–water partition coefficient (Wildman–Crippen LogP) is 5.24. The molecule has 0 aromatic heterocycles. The number of hydrogen-bond donors (Lipinski definition) is 1. The topological polar surface area (TPSA) is 49.4 Å². The van der Waals surface area contributed by atoms with Crippen molar-refractivity contribution in [2.45, 2.75) is 38.9 Å². The molecule has 1 aliphatic rings. The van der Waals surface area contributed by atoms with Gasteiger partial charge in [0.15, 0.2) is 11.6 Å². The van der Waals surface area contributed by atoms with Gasteiger partial charge < -0.3 is 10.2 Å². The van der Waals surface area contributed by atoms with Crippen LogP contribution in [0.1, 0.15) is 48.3 Å². The standard InChI is InChI=1S/C26H24F2N2O2/c1-26(2,3)29-24(31)23-19-10-6-7-11-20(19)25(32)30(23)15-17-8-4-5-9-18(17)16-12-13-21(27)22(28)14-16/h4-14,23H,15H2,1-3H3,(H,29,31). The highest BCUT2D eigenvalue weighted by molar-refractivity contribution is 6.04. The zero-order chi connectivity index (χ0) is 23.0. The fourth-order valence-electron chi connectivity index (χ4n) is 4.04. The Bertz CT molecular complexity index is 1200. The van der Waals surface area contributed by atoms with Gasteiger partial charge in [-0.2, -0.15) is 0 Å². The van der Waals surface area contributed by atoms with Crippen LogP contribution in [0.4, 0.5) is 8.78 Å². The van der Waals surface area contributed by atoms with Crippen molar-refractivity contribution >= 4 is 11.8 Å². The number of carbonyl (C=O) groups is 2. The van der Waals surface area contributed by atoms with Crippen LogP contribution < -0.4 is 5.32 Å². The first-order chi connectivity index (χ1) is 15.2. The van der Waals surface area contributed by atoms with E-state index in [1.807, 2.05) is 39.0 Å². The van der Waals surface area contributed by atoms with Crippen molar-refractivity contribution < 1.29 is 18.4 Å². The molecular formula is C26H24F2N2O2. The number of nitrogens with zero attached hydrogens (tertiary/aromatic N) is 1. The molecule has 1 atom stereocenters. The van der Waals surface area contributed by atoms with E-state index in [1.165, 1.54) is 11.0 Å². The highest BCUT2D eigenvalue weighted by Crippen LogP contribution is 2.37. The Morgan fingerprint density at radius 3 is 2.28 bits per heavy atom. The Labute approximate surface area is 185 Å². The third-order valence-corrected chi connectivity index (χ3v) is 5.39. The molecule has 0 spiro atoms. The zero-order valence-corrected chi connectivity index (χ0v) is 18.2. The van der Waals surface area contributed by atoms with Gasteiger partial charge in [0.25, 0.3) is 5.91 Å². The summed E-state index contributed by atoms with van der Waals surface area (Å²) in [4.78, 5) is 28.0. The lowest BCUT2D eigenvalue weighted by molar-refractivity contribution is -0.127. The summed E-state index contributed by atoms with van der Waals surface area (Å²) < 4.78 is 27.3. The van der Waals surface area contributed by atoms with Crippen LogP contribution >= 0.6 is 0 Å². The molecule has 1 heterocycles. The second-order valence-electron chi connectivity index (χ2n) is 8.95. The second-order valence-corrected chi connectivity index (χ2v) is 8.95. The number of hydrogen-bond acceptors (Lipinski definition) is 2. The molecule has 1 aliphatic heterocycles. The molecule has 3 aromatic carbocycles. The van der Waals surface area contributed by atoms with E-state index in [-0.39, 0.29) is 18.4 Å². The number of benzene rings is 3. The Kier molecular flexibility index (Phi) is 5.55. The van der Waals surface area contributed by atoms with Crippen LogP contribution in [0.3, 0.4) is 0 Å². The van der Waals surface area contributed by atoms with E-state index in [2.05, 4.69) is 5.32 Å². The van der Waals surface area contributed by atoms with Crippen molar-refractivity contribution in [1.29, 1.82) is 0 Å². The molecule has 0 saturated carbocycles. The van der Waals surface area contributed by atoms with E-state index in [4.69, 9.17) is 0 Å². The summed E-state index contributed by atoms with van der Waals surface area (Å²) in [5.74, 6) is -2.37. The van der Waals surface area contributed by atoms with Crippen molar-refractivity contribution in [1.82, 2.24) is 10.2 Å². The predicted molar refractivity (Wildman–Crippen MR) is 119 cm³/mol. The second kappa shape index (κ2) is 8.19. The van der Waals surface area contributed by atoms with Crippen molar-refractivity contribution in [2.24, 2.45) is 0 Å². The molecule has 164 valence electrons. The minimum Gasteiger partial charge on any atom is -0.349 e. The maximum atomic E-state index is 13.9. The molecule has 0 bridgehead atoms. The normalized spacial score (nSPS) is 15.6. The van der Waals surface area contributed by atoms with Crippen LogP contribution in [0.15, 0.2) is 66.7 Å². The minimum absolute atomic E-state index is 0.144. The Balaban J connectivity index is 1.74. The maximum absolute atomic E-state index is 13.9. The van der Waals surface area contributed by atoms with Gasteiger partial charge in [0.2, 0.25) is 5.91 Å². The molecule has 3 aromatic rings. The number of nitrogens with one attached hydrogen (secondary N) is 1. The number of rotatable bonds is 4. The molecule has 0 fully saturated rings. The van der Waals surface area contributed by atoms with Gasteiger partial charge in [-0.05, 0) is 61.2 Å². The lowest BCUT2D eigenvalue weighted by Crippen LogP contribution is -2.46. The SMILES string of the molecule is CC(C)(C)NC(=O)C1c2ccccc2C(=O)N1Cc1ccccc1-c1ccc(F)c(F)c1. The van der Waals surface area contributed by atoms with Gasteiger partial charge in [0.05, 0.1) is 0 Å². The number of halogens is 2. The first kappa shape index (κ1) is 21.7. The zero-order valence-electron chi connectivity index (χ0n) is 18.2. The van der Waals surface area contributed by atoms with Crippen LogP contribution in [0.2, 0.25) is 0 Å². The smallest absolute Gasteiger partial charge is 0.255 e. The summed E-state index contributed by atoms with van der Waals surface area (Å²) in [5.41, 5.74) is 2.58. The van der Waals surface area contributed by atoms with E-state index >= 15 is 0 Å². The Morgan fingerprint density at radius 2 is 1.59 bits per heavy atom. The minimum atomic E-state index is -0.940. The largest absolute Gasteiger partial charge is 0.349 e. The van der Waals surface area contributed by atoms with Crippen molar-refractivity contribution in [3.8, 4) is 11.1 Å². The van der Waals surface area contributed by atoms with Crippen LogP contribution in [-0.2, 0) is 11.3 Å². The summed E-state index contributed by atoms with van der Waals surface area (Å²) in [6.45, 7) is 5.80. The first-order valence-corrected chi connectivity index (χ1v) is 10.4. The third kappa shape index (κ3) is 4.13. The fourth-order valence-corrected chi connectivity index (χ4v) is 4.04. The van der Waals surface area contributed by atoms with E-state index in [9.17, 15) is 18.4 Å². The number of amides is 2. The number of fused-ring (bicyclic) bond motifs is 1. The van der Waals surface area contributed by atoms with Crippen molar-refractivity contribution in [2.75, 3.05) is 0 Å². The molecular weight excluding hydrogens is 410 g/mol. The third-order valence-electron chi connectivity index (χ3n) is 5.39. The van der Waals surface area contributed by atoms with Gasteiger partial charge in [0.1, 0.15) is 6.04 Å². The first-order valence-electron chi connectivity index (χ1n) is 10.4. The number of carbonyl (C=O) groups excluding carboxylic acids is 2. The van der Waals surface area contributed by atoms with E-state index in [0.717, 1.165) is 17.7 Å².